The number of amides is 4. The summed E-state index contributed by atoms with van der Waals surface area (Å²) in [5.74, 6) is -0.368. The molecule has 4 amide bonds. The van der Waals surface area contributed by atoms with Crippen LogP contribution in [-0.4, -0.2) is 73.5 Å². The first kappa shape index (κ1) is 21.4. The largest absolute Gasteiger partial charge is 0.368 e. The molecule has 4 rings (SSSR count). The Labute approximate surface area is 189 Å². The first-order valence-electron chi connectivity index (χ1n) is 10.0. The third kappa shape index (κ3) is 5.26. The highest BCUT2D eigenvalue weighted by Gasteiger charge is 2.25. The number of rotatable bonds is 6. The number of hydrogen-bond donors (Lipinski definition) is 2. The predicted octanol–water partition coefficient (Wildman–Crippen LogP) is 1.33. The van der Waals surface area contributed by atoms with Crippen molar-refractivity contribution in [1.82, 2.24) is 20.5 Å². The highest BCUT2D eigenvalue weighted by molar-refractivity contribution is 7.14. The summed E-state index contributed by atoms with van der Waals surface area (Å²) in [6, 6.07) is 7.48. The van der Waals surface area contributed by atoms with Gasteiger partial charge in [0.2, 0.25) is 11.8 Å². The van der Waals surface area contributed by atoms with Crippen molar-refractivity contribution in [2.24, 2.45) is 0 Å². The van der Waals surface area contributed by atoms with Gasteiger partial charge < -0.3 is 20.4 Å². The lowest BCUT2D eigenvalue weighted by Gasteiger charge is -2.36. The number of urea groups is 1. The van der Waals surface area contributed by atoms with Gasteiger partial charge in [0.05, 0.1) is 18.7 Å². The van der Waals surface area contributed by atoms with E-state index in [2.05, 4.69) is 20.5 Å². The van der Waals surface area contributed by atoms with Gasteiger partial charge in [0.15, 0.2) is 5.13 Å². The van der Waals surface area contributed by atoms with Crippen molar-refractivity contribution in [2.45, 2.75) is 6.42 Å². The van der Waals surface area contributed by atoms with Crippen LogP contribution in [0.4, 0.5) is 15.6 Å². The molecule has 1 aromatic carbocycles. The number of piperazine rings is 1. The number of hydrogen-bond acceptors (Lipinski definition) is 6. The van der Waals surface area contributed by atoms with Gasteiger partial charge in [-0.3, -0.25) is 14.5 Å². The molecular weight excluding hydrogens is 440 g/mol. The fourth-order valence-electron chi connectivity index (χ4n) is 3.53. The van der Waals surface area contributed by atoms with Gasteiger partial charge in [0, 0.05) is 55.4 Å². The van der Waals surface area contributed by atoms with Crippen LogP contribution >= 0.6 is 22.9 Å². The standard InChI is InChI=1S/C20H23ClN6O3S/c21-14-1-3-16(4-2-14)25-7-9-26(10-8-25)18(29)12-23-17(28)11-15-13-31-20(24-15)27-6-5-22-19(27)30/h1-4,13H,5-12H2,(H,22,30)(H,23,28). The molecule has 1 aromatic heterocycles. The first-order chi connectivity index (χ1) is 15.0. The highest BCUT2D eigenvalue weighted by atomic mass is 35.5. The van der Waals surface area contributed by atoms with E-state index in [1.165, 1.54) is 11.3 Å². The summed E-state index contributed by atoms with van der Waals surface area (Å²) in [7, 11) is 0. The fourth-order valence-corrected chi connectivity index (χ4v) is 4.51. The molecule has 31 heavy (non-hydrogen) atoms. The van der Waals surface area contributed by atoms with Crippen molar-refractivity contribution in [2.75, 3.05) is 55.6 Å². The van der Waals surface area contributed by atoms with Gasteiger partial charge in [-0.2, -0.15) is 0 Å². The van der Waals surface area contributed by atoms with Gasteiger partial charge in [0.25, 0.3) is 0 Å². The number of thiazole rings is 1. The Morgan fingerprint density at radius 2 is 1.87 bits per heavy atom. The second-order valence-electron chi connectivity index (χ2n) is 7.30. The number of aromatic nitrogens is 1. The molecule has 2 N–H and O–H groups in total. The Balaban J connectivity index is 1.20. The molecule has 0 spiro atoms. The molecular formula is C20H23ClN6O3S. The summed E-state index contributed by atoms with van der Waals surface area (Å²) in [4.78, 5) is 46.3. The normalized spacial score (nSPS) is 16.4. The Hall–Kier alpha value is -2.85. The summed E-state index contributed by atoms with van der Waals surface area (Å²) >= 11 is 7.26. The van der Waals surface area contributed by atoms with Crippen molar-refractivity contribution >= 4 is 51.6 Å². The smallest absolute Gasteiger partial charge is 0.323 e. The zero-order chi connectivity index (χ0) is 21.8. The summed E-state index contributed by atoms with van der Waals surface area (Å²) in [6.07, 6.45) is 0.0730. The van der Waals surface area contributed by atoms with Crippen molar-refractivity contribution in [1.29, 1.82) is 0 Å². The van der Waals surface area contributed by atoms with Gasteiger partial charge in [-0.05, 0) is 24.3 Å². The minimum atomic E-state index is -0.268. The van der Waals surface area contributed by atoms with Crippen LogP contribution in [0.2, 0.25) is 5.02 Å². The van der Waals surface area contributed by atoms with Gasteiger partial charge in [-0.15, -0.1) is 11.3 Å². The zero-order valence-electron chi connectivity index (χ0n) is 16.8. The van der Waals surface area contributed by atoms with Crippen LogP contribution in [0, 0.1) is 0 Å². The fraction of sp³-hybridized carbons (Fsp3) is 0.400. The Morgan fingerprint density at radius 1 is 1.13 bits per heavy atom. The van der Waals surface area contributed by atoms with E-state index in [9.17, 15) is 14.4 Å². The van der Waals surface area contributed by atoms with Gasteiger partial charge in [-0.1, -0.05) is 11.6 Å². The summed E-state index contributed by atoms with van der Waals surface area (Å²) in [5, 5.41) is 8.43. The van der Waals surface area contributed by atoms with E-state index in [-0.39, 0.29) is 30.8 Å². The summed E-state index contributed by atoms with van der Waals surface area (Å²) in [5.41, 5.74) is 1.67. The van der Waals surface area contributed by atoms with Crippen LogP contribution < -0.4 is 20.4 Å². The summed E-state index contributed by atoms with van der Waals surface area (Å²) in [6.45, 7) is 3.78. The third-order valence-electron chi connectivity index (χ3n) is 5.23. The van der Waals surface area contributed by atoms with E-state index in [0.717, 1.165) is 18.8 Å². The van der Waals surface area contributed by atoms with Crippen LogP contribution in [0.1, 0.15) is 5.69 Å². The van der Waals surface area contributed by atoms with E-state index in [0.29, 0.717) is 42.0 Å². The Morgan fingerprint density at radius 3 is 2.55 bits per heavy atom. The molecule has 0 radical (unpaired) electrons. The molecule has 2 saturated heterocycles. The highest BCUT2D eigenvalue weighted by Crippen LogP contribution is 2.22. The second-order valence-corrected chi connectivity index (χ2v) is 8.58. The van der Waals surface area contributed by atoms with Crippen molar-refractivity contribution in [3.8, 4) is 0 Å². The minimum Gasteiger partial charge on any atom is -0.368 e. The molecule has 2 fully saturated rings. The quantitative estimate of drug-likeness (QED) is 0.675. The minimum absolute atomic E-state index is 0.0364. The third-order valence-corrected chi connectivity index (χ3v) is 6.39. The zero-order valence-corrected chi connectivity index (χ0v) is 18.4. The first-order valence-corrected chi connectivity index (χ1v) is 11.3. The summed E-state index contributed by atoms with van der Waals surface area (Å²) < 4.78 is 0. The molecule has 2 aliphatic heterocycles. The van der Waals surface area contributed by atoms with Gasteiger partial charge in [-0.25, -0.2) is 9.78 Å². The average molecular weight is 463 g/mol. The lowest BCUT2D eigenvalue weighted by molar-refractivity contribution is -0.133. The number of carbonyl (C=O) groups excluding carboxylic acids is 3. The van der Waals surface area contributed by atoms with Crippen LogP contribution in [0.15, 0.2) is 29.6 Å². The maximum Gasteiger partial charge on any atom is 0.323 e. The van der Waals surface area contributed by atoms with Crippen LogP contribution in [-0.2, 0) is 16.0 Å². The lowest BCUT2D eigenvalue weighted by atomic mass is 10.2. The average Bonchev–Trinajstić information content (AvgIpc) is 3.41. The number of halogens is 1. The number of anilines is 2. The molecule has 164 valence electrons. The van der Waals surface area contributed by atoms with E-state index in [1.54, 1.807) is 15.2 Å². The number of carbonyl (C=O) groups is 3. The van der Waals surface area contributed by atoms with Crippen LogP contribution in [0.3, 0.4) is 0 Å². The molecule has 11 heteroatoms. The van der Waals surface area contributed by atoms with Crippen molar-refractivity contribution in [3.05, 3.63) is 40.4 Å². The maximum absolute atomic E-state index is 12.5. The molecule has 3 heterocycles. The van der Waals surface area contributed by atoms with Crippen molar-refractivity contribution < 1.29 is 14.4 Å². The molecule has 0 atom stereocenters. The van der Waals surface area contributed by atoms with Crippen molar-refractivity contribution in [3.63, 3.8) is 0 Å². The molecule has 2 aromatic rings. The topological polar surface area (TPSA) is 97.9 Å². The molecule has 9 nitrogen and oxygen atoms in total. The number of nitrogens with one attached hydrogen (secondary N) is 2. The van der Waals surface area contributed by atoms with E-state index >= 15 is 0 Å². The number of benzene rings is 1. The molecule has 0 bridgehead atoms. The predicted molar refractivity (Wildman–Crippen MR) is 120 cm³/mol. The van der Waals surface area contributed by atoms with Crippen LogP contribution in [0.5, 0.6) is 0 Å². The van der Waals surface area contributed by atoms with E-state index in [1.807, 2.05) is 24.3 Å². The van der Waals surface area contributed by atoms with Gasteiger partial charge >= 0.3 is 6.03 Å². The maximum atomic E-state index is 12.5. The molecule has 2 aliphatic rings. The Kier molecular flexibility index (Phi) is 6.57. The second kappa shape index (κ2) is 9.52. The molecule has 0 saturated carbocycles. The number of nitrogens with zero attached hydrogens (tertiary/aromatic N) is 4. The monoisotopic (exact) mass is 462 g/mol. The molecule has 0 unspecified atom stereocenters. The lowest BCUT2D eigenvalue weighted by Crippen LogP contribution is -2.51. The van der Waals surface area contributed by atoms with E-state index in [4.69, 9.17) is 11.6 Å². The SMILES string of the molecule is O=C(Cc1csc(N2CCNC2=O)n1)NCC(=O)N1CCN(c2ccc(Cl)cc2)CC1. The Bertz CT molecular complexity index is 958. The van der Waals surface area contributed by atoms with Gasteiger partial charge in [0.1, 0.15) is 0 Å². The molecule has 0 aliphatic carbocycles. The van der Waals surface area contributed by atoms with Crippen LogP contribution in [0.25, 0.3) is 0 Å². The van der Waals surface area contributed by atoms with E-state index < -0.39 is 0 Å².